The average Bonchev–Trinajstić information content (AvgIpc) is 3.02. The molecule has 3 rings (SSSR count). The van der Waals surface area contributed by atoms with Gasteiger partial charge in [-0.3, -0.25) is 0 Å². The van der Waals surface area contributed by atoms with Crippen LogP contribution in [0, 0.1) is 18.6 Å². The second-order valence-corrected chi connectivity index (χ2v) is 6.35. The van der Waals surface area contributed by atoms with Crippen LogP contribution >= 0.6 is 0 Å². The molecule has 27 heavy (non-hydrogen) atoms. The Bertz CT molecular complexity index is 908. The number of aromatic nitrogens is 3. The second kappa shape index (κ2) is 8.13. The molecule has 1 heterocycles. The molecule has 142 valence electrons. The zero-order chi connectivity index (χ0) is 19.4. The Morgan fingerprint density at radius 2 is 1.78 bits per heavy atom. The number of methoxy groups -OCH3 is 1. The number of benzene rings is 2. The summed E-state index contributed by atoms with van der Waals surface area (Å²) in [6.07, 6.45) is 1.40. The summed E-state index contributed by atoms with van der Waals surface area (Å²) in [5, 5.41) is 10.7. The van der Waals surface area contributed by atoms with Gasteiger partial charge in [-0.05, 0) is 49.7 Å². The normalized spacial score (nSPS) is 12.0. The van der Waals surface area contributed by atoms with E-state index in [0.29, 0.717) is 12.6 Å². The maximum absolute atomic E-state index is 13.4. The van der Waals surface area contributed by atoms with Gasteiger partial charge in [-0.25, -0.2) is 13.5 Å². The second-order valence-electron chi connectivity index (χ2n) is 6.35. The van der Waals surface area contributed by atoms with E-state index >= 15 is 0 Å². The molecule has 2 aromatic carbocycles. The fraction of sp³-hybridized carbons (Fsp3) is 0.263. The predicted octanol–water partition coefficient (Wildman–Crippen LogP) is 4.04. The van der Waals surface area contributed by atoms with Crippen LogP contribution in [-0.2, 0) is 4.74 Å². The molecule has 1 atom stereocenters. The zero-order valence-corrected chi connectivity index (χ0v) is 15.3. The molecular weight excluding hydrogens is 352 g/mol. The van der Waals surface area contributed by atoms with Crippen LogP contribution in [0.3, 0.4) is 0 Å². The molecule has 0 unspecified atom stereocenters. The summed E-state index contributed by atoms with van der Waals surface area (Å²) in [7, 11) is 1.66. The highest BCUT2D eigenvalue weighted by Crippen LogP contribution is 2.22. The van der Waals surface area contributed by atoms with E-state index in [2.05, 4.69) is 20.7 Å². The third kappa shape index (κ3) is 5.01. The van der Waals surface area contributed by atoms with Crippen LogP contribution < -0.4 is 10.6 Å². The van der Waals surface area contributed by atoms with Crippen molar-refractivity contribution in [1.82, 2.24) is 14.8 Å². The lowest BCUT2D eigenvalue weighted by Gasteiger charge is -2.16. The summed E-state index contributed by atoms with van der Waals surface area (Å²) >= 11 is 0. The molecule has 0 saturated carbocycles. The number of hydrogen-bond acceptors (Lipinski definition) is 5. The third-order valence-corrected chi connectivity index (χ3v) is 3.77. The minimum atomic E-state index is -0.672. The van der Waals surface area contributed by atoms with Crippen molar-refractivity contribution in [3.63, 3.8) is 0 Å². The molecule has 1 aromatic heterocycles. The lowest BCUT2D eigenvalue weighted by molar-refractivity contribution is 0.190. The number of nitrogens with zero attached hydrogens (tertiary/aromatic N) is 3. The standard InChI is InChI=1S/C19H21F2N5O/c1-12-4-16(23-13(2)10-27-3)9-17(5-12)24-19-22-11-26(25-19)18-7-14(20)6-15(21)8-18/h4-9,11,13,23H,10H2,1-3H3,(H,24,25)/t13-/m1/s1. The topological polar surface area (TPSA) is 64.0 Å². The molecular formula is C19H21F2N5O. The van der Waals surface area contributed by atoms with Gasteiger partial charge in [0, 0.05) is 30.6 Å². The lowest BCUT2D eigenvalue weighted by Crippen LogP contribution is -2.20. The Labute approximate surface area is 156 Å². The number of rotatable bonds is 7. The molecule has 0 radical (unpaired) electrons. The first-order chi connectivity index (χ1) is 12.9. The maximum atomic E-state index is 13.4. The van der Waals surface area contributed by atoms with Crippen molar-refractivity contribution in [2.75, 3.05) is 24.4 Å². The van der Waals surface area contributed by atoms with Crippen LogP contribution in [0.2, 0.25) is 0 Å². The highest BCUT2D eigenvalue weighted by molar-refractivity contribution is 5.63. The minimum Gasteiger partial charge on any atom is -0.383 e. The largest absolute Gasteiger partial charge is 0.383 e. The molecule has 2 N–H and O–H groups in total. The number of halogens is 2. The number of nitrogens with one attached hydrogen (secondary N) is 2. The molecule has 0 fully saturated rings. The highest BCUT2D eigenvalue weighted by atomic mass is 19.1. The molecule has 6 nitrogen and oxygen atoms in total. The van der Waals surface area contributed by atoms with E-state index in [1.807, 2.05) is 32.0 Å². The number of aryl methyl sites for hydroxylation is 1. The molecule has 0 spiro atoms. The van der Waals surface area contributed by atoms with Gasteiger partial charge >= 0.3 is 0 Å². The number of anilines is 3. The Balaban J connectivity index is 1.78. The monoisotopic (exact) mass is 373 g/mol. The third-order valence-electron chi connectivity index (χ3n) is 3.77. The first-order valence-corrected chi connectivity index (χ1v) is 8.45. The summed E-state index contributed by atoms with van der Waals surface area (Å²) < 4.78 is 33.2. The van der Waals surface area contributed by atoms with E-state index in [0.717, 1.165) is 23.0 Å². The Kier molecular flexibility index (Phi) is 5.66. The summed E-state index contributed by atoms with van der Waals surface area (Å²) in [5.74, 6) is -1.02. The molecule has 0 bridgehead atoms. The molecule has 0 aliphatic rings. The van der Waals surface area contributed by atoms with Crippen LogP contribution in [0.15, 0.2) is 42.7 Å². The van der Waals surface area contributed by atoms with Gasteiger partial charge in [-0.1, -0.05) is 0 Å². The highest BCUT2D eigenvalue weighted by Gasteiger charge is 2.08. The van der Waals surface area contributed by atoms with Crippen molar-refractivity contribution >= 4 is 17.3 Å². The van der Waals surface area contributed by atoms with Crippen LogP contribution in [0.4, 0.5) is 26.1 Å². The predicted molar refractivity (Wildman–Crippen MR) is 101 cm³/mol. The van der Waals surface area contributed by atoms with E-state index in [1.54, 1.807) is 7.11 Å². The van der Waals surface area contributed by atoms with Crippen molar-refractivity contribution in [2.45, 2.75) is 19.9 Å². The van der Waals surface area contributed by atoms with Gasteiger partial charge in [0.2, 0.25) is 5.95 Å². The molecule has 0 saturated heterocycles. The zero-order valence-electron chi connectivity index (χ0n) is 15.3. The van der Waals surface area contributed by atoms with E-state index < -0.39 is 11.6 Å². The van der Waals surface area contributed by atoms with Crippen LogP contribution in [0.25, 0.3) is 5.69 Å². The number of ether oxygens (including phenoxy) is 1. The van der Waals surface area contributed by atoms with Gasteiger partial charge in [-0.2, -0.15) is 4.98 Å². The van der Waals surface area contributed by atoms with Crippen LogP contribution in [-0.4, -0.2) is 34.5 Å². The van der Waals surface area contributed by atoms with Gasteiger partial charge < -0.3 is 15.4 Å². The SMILES string of the molecule is COC[C@@H](C)Nc1cc(C)cc(Nc2ncn(-c3cc(F)cc(F)c3)n2)c1. The van der Waals surface area contributed by atoms with Gasteiger partial charge in [0.05, 0.1) is 12.3 Å². The van der Waals surface area contributed by atoms with Crippen molar-refractivity contribution in [3.05, 3.63) is 59.9 Å². The summed E-state index contributed by atoms with van der Waals surface area (Å²) in [5.41, 5.74) is 3.05. The van der Waals surface area contributed by atoms with Crippen LogP contribution in [0.5, 0.6) is 0 Å². The van der Waals surface area contributed by atoms with E-state index in [9.17, 15) is 8.78 Å². The van der Waals surface area contributed by atoms with E-state index in [-0.39, 0.29) is 11.7 Å². The molecule has 3 aromatic rings. The Hall–Kier alpha value is -3.00. The molecule has 0 amide bonds. The Morgan fingerprint density at radius 3 is 2.48 bits per heavy atom. The van der Waals surface area contributed by atoms with Gasteiger partial charge in [-0.15, -0.1) is 5.10 Å². The molecule has 0 aliphatic heterocycles. The maximum Gasteiger partial charge on any atom is 0.246 e. The lowest BCUT2D eigenvalue weighted by atomic mass is 10.2. The molecule has 8 heteroatoms. The summed E-state index contributed by atoms with van der Waals surface area (Å²) in [6, 6.07) is 9.26. The fourth-order valence-electron chi connectivity index (χ4n) is 2.76. The van der Waals surface area contributed by atoms with Crippen molar-refractivity contribution in [1.29, 1.82) is 0 Å². The van der Waals surface area contributed by atoms with Gasteiger partial charge in [0.25, 0.3) is 0 Å². The average molecular weight is 373 g/mol. The fourth-order valence-corrected chi connectivity index (χ4v) is 2.76. The quantitative estimate of drug-likeness (QED) is 0.654. The minimum absolute atomic E-state index is 0.157. The number of hydrogen-bond donors (Lipinski definition) is 2. The van der Waals surface area contributed by atoms with E-state index in [1.165, 1.54) is 23.1 Å². The van der Waals surface area contributed by atoms with E-state index in [4.69, 9.17) is 4.74 Å². The summed E-state index contributed by atoms with van der Waals surface area (Å²) in [4.78, 5) is 4.15. The van der Waals surface area contributed by atoms with Crippen LogP contribution in [0.1, 0.15) is 12.5 Å². The van der Waals surface area contributed by atoms with Crippen molar-refractivity contribution in [2.24, 2.45) is 0 Å². The first kappa shape index (κ1) is 18.8. The van der Waals surface area contributed by atoms with Crippen molar-refractivity contribution < 1.29 is 13.5 Å². The summed E-state index contributed by atoms with van der Waals surface area (Å²) in [6.45, 7) is 4.60. The van der Waals surface area contributed by atoms with Gasteiger partial charge in [0.1, 0.15) is 18.0 Å². The first-order valence-electron chi connectivity index (χ1n) is 8.45. The Morgan fingerprint density at radius 1 is 1.07 bits per heavy atom. The molecule has 0 aliphatic carbocycles. The van der Waals surface area contributed by atoms with Gasteiger partial charge in [0.15, 0.2) is 0 Å². The smallest absolute Gasteiger partial charge is 0.246 e. The van der Waals surface area contributed by atoms with Crippen molar-refractivity contribution in [3.8, 4) is 5.69 Å².